The highest BCUT2D eigenvalue weighted by molar-refractivity contribution is 5.32. The zero-order valence-corrected chi connectivity index (χ0v) is 13.5. The van der Waals surface area contributed by atoms with Crippen molar-refractivity contribution >= 4 is 0 Å². The number of fused-ring (bicyclic) bond motifs is 1. The monoisotopic (exact) mass is 274 g/mol. The normalized spacial score (nSPS) is 18.9. The third-order valence-electron chi connectivity index (χ3n) is 3.93. The third kappa shape index (κ3) is 4.32. The molecule has 2 nitrogen and oxygen atoms in total. The maximum Gasteiger partial charge on any atom is 0.0208 e. The summed E-state index contributed by atoms with van der Waals surface area (Å²) in [7, 11) is 0. The highest BCUT2D eigenvalue weighted by atomic mass is 15.1. The fourth-order valence-electron chi connectivity index (χ4n) is 3.32. The summed E-state index contributed by atoms with van der Waals surface area (Å²) in [4.78, 5) is 2.66. The van der Waals surface area contributed by atoms with Crippen LogP contribution in [-0.4, -0.2) is 31.1 Å². The molecule has 0 spiro atoms. The van der Waals surface area contributed by atoms with Crippen LogP contribution in [0.4, 0.5) is 0 Å². The molecule has 0 fully saturated rings. The molecule has 1 unspecified atom stereocenters. The number of nitrogens with zero attached hydrogens (tertiary/aromatic N) is 1. The lowest BCUT2D eigenvalue weighted by Crippen LogP contribution is -2.39. The van der Waals surface area contributed by atoms with Gasteiger partial charge in [0.25, 0.3) is 0 Å². The first-order valence-electron chi connectivity index (χ1n) is 8.07. The van der Waals surface area contributed by atoms with Crippen LogP contribution in [0.25, 0.3) is 0 Å². The van der Waals surface area contributed by atoms with Gasteiger partial charge in [-0.2, -0.15) is 0 Å². The van der Waals surface area contributed by atoms with Gasteiger partial charge in [-0.3, -0.25) is 0 Å². The van der Waals surface area contributed by atoms with Crippen LogP contribution in [-0.2, 0) is 6.54 Å². The summed E-state index contributed by atoms with van der Waals surface area (Å²) >= 11 is 0. The minimum Gasteiger partial charge on any atom is -0.312 e. The van der Waals surface area contributed by atoms with E-state index in [1.54, 1.807) is 5.56 Å². The standard InChI is InChI=1S/C18H30N2/c1-14(2)11-20(12-15(3)4)13-17-10-19-9-16-7-5-6-8-18(16)17/h5-8,14-15,17,19H,9-13H2,1-4H3. The zero-order valence-electron chi connectivity index (χ0n) is 13.5. The zero-order chi connectivity index (χ0) is 14.5. The lowest BCUT2D eigenvalue weighted by atomic mass is 9.90. The highest BCUT2D eigenvalue weighted by Gasteiger charge is 2.22. The second-order valence-electron chi connectivity index (χ2n) is 7.03. The Balaban J connectivity index is 2.07. The van der Waals surface area contributed by atoms with Gasteiger partial charge in [-0.25, -0.2) is 0 Å². The number of benzene rings is 1. The second kappa shape index (κ2) is 7.24. The van der Waals surface area contributed by atoms with E-state index in [0.29, 0.717) is 5.92 Å². The van der Waals surface area contributed by atoms with Crippen molar-refractivity contribution in [3.8, 4) is 0 Å². The van der Waals surface area contributed by atoms with Gasteiger partial charge >= 0.3 is 0 Å². The Hall–Kier alpha value is -0.860. The van der Waals surface area contributed by atoms with Crippen LogP contribution in [0.5, 0.6) is 0 Å². The van der Waals surface area contributed by atoms with Gasteiger partial charge in [-0.1, -0.05) is 52.0 Å². The number of hydrogen-bond acceptors (Lipinski definition) is 2. The molecule has 1 aromatic carbocycles. The summed E-state index contributed by atoms with van der Waals surface area (Å²) in [5.41, 5.74) is 3.04. The molecule has 20 heavy (non-hydrogen) atoms. The fraction of sp³-hybridized carbons (Fsp3) is 0.667. The predicted octanol–water partition coefficient (Wildman–Crippen LogP) is 3.49. The summed E-state index contributed by atoms with van der Waals surface area (Å²) in [6, 6.07) is 8.93. The molecule has 0 amide bonds. The van der Waals surface area contributed by atoms with Gasteiger partial charge in [0.1, 0.15) is 0 Å². The molecule has 1 aliphatic heterocycles. The molecule has 2 rings (SSSR count). The Morgan fingerprint density at radius 3 is 2.40 bits per heavy atom. The molecular formula is C18H30N2. The van der Waals surface area contributed by atoms with Gasteiger partial charge in [-0.05, 0) is 23.0 Å². The first kappa shape index (κ1) is 15.5. The van der Waals surface area contributed by atoms with E-state index >= 15 is 0 Å². The molecule has 0 bridgehead atoms. The smallest absolute Gasteiger partial charge is 0.0208 e. The Kier molecular flexibility index (Phi) is 5.62. The van der Waals surface area contributed by atoms with E-state index in [9.17, 15) is 0 Å². The second-order valence-corrected chi connectivity index (χ2v) is 7.03. The minimum absolute atomic E-state index is 0.637. The van der Waals surface area contributed by atoms with Crippen LogP contribution in [0.15, 0.2) is 24.3 Å². The Bertz CT molecular complexity index is 402. The average molecular weight is 274 g/mol. The van der Waals surface area contributed by atoms with Gasteiger partial charge in [0.2, 0.25) is 0 Å². The molecular weight excluding hydrogens is 244 g/mol. The van der Waals surface area contributed by atoms with Crippen LogP contribution in [0.3, 0.4) is 0 Å². The van der Waals surface area contributed by atoms with Gasteiger partial charge < -0.3 is 10.2 Å². The van der Waals surface area contributed by atoms with Gasteiger partial charge in [0.05, 0.1) is 0 Å². The molecule has 0 saturated heterocycles. The first-order chi connectivity index (χ1) is 9.56. The minimum atomic E-state index is 0.637. The van der Waals surface area contributed by atoms with Crippen LogP contribution < -0.4 is 5.32 Å². The van der Waals surface area contributed by atoms with Crippen molar-refractivity contribution in [1.82, 2.24) is 10.2 Å². The molecule has 2 heteroatoms. The Labute approximate surface area is 124 Å². The van der Waals surface area contributed by atoms with Crippen molar-refractivity contribution < 1.29 is 0 Å². The molecule has 0 saturated carbocycles. The van der Waals surface area contributed by atoms with Crippen molar-refractivity contribution in [3.05, 3.63) is 35.4 Å². The maximum atomic E-state index is 3.58. The predicted molar refractivity (Wildman–Crippen MR) is 87.0 cm³/mol. The lowest BCUT2D eigenvalue weighted by molar-refractivity contribution is 0.203. The van der Waals surface area contributed by atoms with Crippen molar-refractivity contribution in [2.24, 2.45) is 11.8 Å². The lowest BCUT2D eigenvalue weighted by Gasteiger charge is -2.33. The summed E-state index contributed by atoms with van der Waals surface area (Å²) in [6.07, 6.45) is 0. The molecule has 112 valence electrons. The van der Waals surface area contributed by atoms with Crippen LogP contribution in [0.1, 0.15) is 44.7 Å². The fourth-order valence-corrected chi connectivity index (χ4v) is 3.32. The van der Waals surface area contributed by atoms with E-state index < -0.39 is 0 Å². The van der Waals surface area contributed by atoms with E-state index in [1.165, 1.54) is 25.2 Å². The van der Waals surface area contributed by atoms with Gasteiger partial charge in [-0.15, -0.1) is 0 Å². The van der Waals surface area contributed by atoms with Gasteiger partial charge in [0.15, 0.2) is 0 Å². The molecule has 0 aliphatic carbocycles. The number of nitrogens with one attached hydrogen (secondary N) is 1. The molecule has 1 aromatic rings. The molecule has 1 aliphatic rings. The molecule has 1 heterocycles. The first-order valence-corrected chi connectivity index (χ1v) is 8.07. The van der Waals surface area contributed by atoms with Gasteiger partial charge in [0, 0.05) is 38.6 Å². The molecule has 1 atom stereocenters. The van der Waals surface area contributed by atoms with E-state index in [2.05, 4.69) is 62.2 Å². The third-order valence-corrected chi connectivity index (χ3v) is 3.93. The van der Waals surface area contributed by atoms with Crippen LogP contribution in [0.2, 0.25) is 0 Å². The molecule has 0 radical (unpaired) electrons. The van der Waals surface area contributed by atoms with Crippen molar-refractivity contribution in [3.63, 3.8) is 0 Å². The Morgan fingerprint density at radius 2 is 1.75 bits per heavy atom. The van der Waals surface area contributed by atoms with Crippen LogP contribution >= 0.6 is 0 Å². The number of rotatable bonds is 6. The van der Waals surface area contributed by atoms with E-state index in [0.717, 1.165) is 24.9 Å². The summed E-state index contributed by atoms with van der Waals surface area (Å²) < 4.78 is 0. The molecule has 1 N–H and O–H groups in total. The average Bonchev–Trinajstić information content (AvgIpc) is 2.37. The quantitative estimate of drug-likeness (QED) is 0.854. The summed E-state index contributed by atoms with van der Waals surface area (Å²) in [5.74, 6) is 2.11. The summed E-state index contributed by atoms with van der Waals surface area (Å²) in [6.45, 7) is 15.0. The molecule has 0 aromatic heterocycles. The van der Waals surface area contributed by atoms with E-state index in [1.807, 2.05) is 0 Å². The van der Waals surface area contributed by atoms with Crippen molar-refractivity contribution in [2.45, 2.75) is 40.2 Å². The topological polar surface area (TPSA) is 15.3 Å². The van der Waals surface area contributed by atoms with E-state index in [-0.39, 0.29) is 0 Å². The SMILES string of the molecule is CC(C)CN(CC(C)C)CC1CNCc2ccccc21. The van der Waals surface area contributed by atoms with Crippen LogP contribution in [0, 0.1) is 11.8 Å². The van der Waals surface area contributed by atoms with Crippen molar-refractivity contribution in [1.29, 1.82) is 0 Å². The summed E-state index contributed by atoms with van der Waals surface area (Å²) in [5, 5.41) is 3.58. The maximum absolute atomic E-state index is 3.58. The van der Waals surface area contributed by atoms with Crippen molar-refractivity contribution in [2.75, 3.05) is 26.2 Å². The largest absolute Gasteiger partial charge is 0.312 e. The highest BCUT2D eigenvalue weighted by Crippen LogP contribution is 2.25. The Morgan fingerprint density at radius 1 is 1.10 bits per heavy atom. The van der Waals surface area contributed by atoms with E-state index in [4.69, 9.17) is 0 Å². The number of hydrogen-bond donors (Lipinski definition) is 1.